The molecule has 6 aromatic rings. The number of nitrogens with one attached hydrogen (secondary N) is 1. The molecule has 0 atom stereocenters. The summed E-state index contributed by atoms with van der Waals surface area (Å²) in [6.07, 6.45) is 5.06. The molecule has 3 aliphatic rings. The second-order valence-corrected chi connectivity index (χ2v) is 17.7. The first-order valence-corrected chi connectivity index (χ1v) is 22.1. The van der Waals surface area contributed by atoms with Gasteiger partial charge in [-0.3, -0.25) is 19.4 Å². The van der Waals surface area contributed by atoms with E-state index in [1.165, 1.54) is 17.0 Å². The van der Waals surface area contributed by atoms with Gasteiger partial charge < -0.3 is 15.0 Å². The molecule has 0 aliphatic carbocycles. The van der Waals surface area contributed by atoms with E-state index in [1.54, 1.807) is 37.1 Å². The average Bonchev–Trinajstić information content (AvgIpc) is 3.87. The number of halogens is 5. The summed E-state index contributed by atoms with van der Waals surface area (Å²) in [5.41, 5.74) is 3.49. The molecule has 0 spiro atoms. The number of pyridine rings is 3. The molecule has 0 bridgehead atoms. The maximum absolute atomic E-state index is 15.4. The maximum atomic E-state index is 15.4. The third kappa shape index (κ3) is 8.35. The third-order valence-corrected chi connectivity index (χ3v) is 12.7. The van der Waals surface area contributed by atoms with Crippen LogP contribution < -0.4 is 20.0 Å². The SMILES string of the molecule is Cc1c(N2CCCC2=O)nc2cc(F)cc(F)c2c1Cl.Cc1c(N2CCCC2=O)nc2cc(F)cc(F)c2c1Nc1cc(N2CCOCC2)ncc1-c1ccc(S(C)(=O)=O)cc1. The van der Waals surface area contributed by atoms with Crippen LogP contribution in [0, 0.1) is 37.1 Å². The van der Waals surface area contributed by atoms with Gasteiger partial charge in [0.15, 0.2) is 9.84 Å². The lowest BCUT2D eigenvalue weighted by molar-refractivity contribution is -0.117. The molecule has 18 heteroatoms. The van der Waals surface area contributed by atoms with E-state index in [1.807, 2.05) is 6.07 Å². The number of hydrogen-bond donors (Lipinski definition) is 1. The Kier molecular flexibility index (Phi) is 11.8. The number of amides is 2. The molecule has 2 amide bonds. The van der Waals surface area contributed by atoms with Crippen molar-refractivity contribution >= 4 is 83.9 Å². The molecule has 3 aliphatic heterocycles. The van der Waals surface area contributed by atoms with Gasteiger partial charge in [-0.15, -0.1) is 0 Å². The molecule has 3 fully saturated rings. The zero-order chi connectivity index (χ0) is 44.0. The molecule has 3 saturated heterocycles. The van der Waals surface area contributed by atoms with Gasteiger partial charge in [0.05, 0.1) is 56.3 Å². The van der Waals surface area contributed by atoms with Crippen LogP contribution in [-0.2, 0) is 24.2 Å². The molecule has 3 aromatic heterocycles. The Balaban J connectivity index is 0.000000220. The van der Waals surface area contributed by atoms with E-state index in [2.05, 4.69) is 25.2 Å². The molecule has 9 rings (SSSR count). The van der Waals surface area contributed by atoms with Crippen molar-refractivity contribution in [3.8, 4) is 11.1 Å². The van der Waals surface area contributed by atoms with E-state index in [9.17, 15) is 31.2 Å². The minimum atomic E-state index is -3.40. The van der Waals surface area contributed by atoms with Gasteiger partial charge in [-0.25, -0.2) is 40.9 Å². The second kappa shape index (κ2) is 17.1. The van der Waals surface area contributed by atoms with Crippen LogP contribution >= 0.6 is 11.6 Å². The molecular weight excluding hydrogens is 850 g/mol. The molecule has 12 nitrogen and oxygen atoms in total. The minimum Gasteiger partial charge on any atom is -0.378 e. The predicted octanol–water partition coefficient (Wildman–Crippen LogP) is 8.60. The molecule has 0 unspecified atom stereocenters. The predicted molar refractivity (Wildman–Crippen MR) is 230 cm³/mol. The van der Waals surface area contributed by atoms with Crippen LogP contribution in [0.4, 0.5) is 46.4 Å². The van der Waals surface area contributed by atoms with Gasteiger partial charge in [-0.1, -0.05) is 23.7 Å². The van der Waals surface area contributed by atoms with Crippen LogP contribution in [0.25, 0.3) is 32.9 Å². The van der Waals surface area contributed by atoms with Crippen molar-refractivity contribution in [2.45, 2.75) is 44.4 Å². The monoisotopic (exact) mass is 889 g/mol. The number of aromatic nitrogens is 3. The Morgan fingerprint density at radius 1 is 0.742 bits per heavy atom. The van der Waals surface area contributed by atoms with Crippen LogP contribution in [0.2, 0.25) is 5.02 Å². The lowest BCUT2D eigenvalue weighted by atomic mass is 10.0. The Hall–Kier alpha value is -5.91. The number of hydrogen-bond acceptors (Lipinski definition) is 10. The highest BCUT2D eigenvalue weighted by molar-refractivity contribution is 7.90. The number of anilines is 5. The fraction of sp³-hybridized carbons (Fsp3) is 0.295. The Labute approximate surface area is 359 Å². The van der Waals surface area contributed by atoms with Crippen LogP contribution in [0.15, 0.2) is 65.7 Å². The Bertz CT molecular complexity index is 2900. The summed E-state index contributed by atoms with van der Waals surface area (Å²) in [6.45, 7) is 6.83. The van der Waals surface area contributed by atoms with Crippen LogP contribution in [-0.4, -0.2) is 80.8 Å². The quantitative estimate of drug-likeness (QED) is 0.155. The minimum absolute atomic E-state index is 0.0482. The first-order valence-electron chi connectivity index (χ1n) is 19.8. The van der Waals surface area contributed by atoms with Crippen molar-refractivity contribution in [1.29, 1.82) is 0 Å². The lowest BCUT2D eigenvalue weighted by Gasteiger charge is -2.29. The van der Waals surface area contributed by atoms with Gasteiger partial charge in [0.1, 0.15) is 40.7 Å². The molecule has 1 N–H and O–H groups in total. The maximum Gasteiger partial charge on any atom is 0.228 e. The van der Waals surface area contributed by atoms with Crippen LogP contribution in [0.1, 0.15) is 36.8 Å². The van der Waals surface area contributed by atoms with Crippen molar-refractivity contribution in [1.82, 2.24) is 15.0 Å². The summed E-state index contributed by atoms with van der Waals surface area (Å²) < 4.78 is 86.5. The van der Waals surface area contributed by atoms with Gasteiger partial charge in [0, 0.05) is 98.5 Å². The highest BCUT2D eigenvalue weighted by atomic mass is 35.5. The number of benzene rings is 3. The van der Waals surface area contributed by atoms with Crippen molar-refractivity contribution < 1.29 is 40.3 Å². The van der Waals surface area contributed by atoms with Crippen molar-refractivity contribution in [2.75, 3.05) is 65.7 Å². The van der Waals surface area contributed by atoms with Gasteiger partial charge >= 0.3 is 0 Å². The molecule has 3 aromatic carbocycles. The van der Waals surface area contributed by atoms with E-state index in [-0.39, 0.29) is 43.5 Å². The number of sulfone groups is 1. The fourth-order valence-electron chi connectivity index (χ4n) is 7.93. The number of carbonyl (C=O) groups is 2. The number of ether oxygens (including phenoxy) is 1. The number of fused-ring (bicyclic) bond motifs is 2. The highest BCUT2D eigenvalue weighted by Crippen LogP contribution is 2.41. The fourth-order valence-corrected chi connectivity index (χ4v) is 8.83. The first kappa shape index (κ1) is 42.8. The summed E-state index contributed by atoms with van der Waals surface area (Å²) >= 11 is 6.17. The molecule has 0 radical (unpaired) electrons. The van der Waals surface area contributed by atoms with Gasteiger partial charge in [-0.2, -0.15) is 0 Å². The number of rotatable bonds is 7. The topological polar surface area (TPSA) is 138 Å². The van der Waals surface area contributed by atoms with Crippen molar-refractivity contribution in [2.24, 2.45) is 0 Å². The normalized spacial score (nSPS) is 15.8. The number of carbonyl (C=O) groups excluding carboxylic acids is 2. The second-order valence-electron chi connectivity index (χ2n) is 15.3. The van der Waals surface area contributed by atoms with Gasteiger partial charge in [0.2, 0.25) is 11.8 Å². The lowest BCUT2D eigenvalue weighted by Crippen LogP contribution is -2.36. The van der Waals surface area contributed by atoms with Crippen LogP contribution in [0.3, 0.4) is 0 Å². The Morgan fingerprint density at radius 2 is 1.29 bits per heavy atom. The molecule has 322 valence electrons. The van der Waals surface area contributed by atoms with E-state index in [4.69, 9.17) is 16.3 Å². The first-order chi connectivity index (χ1) is 29.6. The zero-order valence-electron chi connectivity index (χ0n) is 33.9. The molecule has 6 heterocycles. The van der Waals surface area contributed by atoms with E-state index >= 15 is 4.39 Å². The van der Waals surface area contributed by atoms with Crippen LogP contribution in [0.5, 0.6) is 0 Å². The zero-order valence-corrected chi connectivity index (χ0v) is 35.4. The summed E-state index contributed by atoms with van der Waals surface area (Å²) in [5, 5.41) is 3.73. The van der Waals surface area contributed by atoms with E-state index in [0.29, 0.717) is 110 Å². The third-order valence-electron chi connectivity index (χ3n) is 11.1. The number of nitrogens with zero attached hydrogens (tertiary/aromatic N) is 6. The Morgan fingerprint density at radius 3 is 1.84 bits per heavy atom. The standard InChI is InChI=1S/C30H29F2N5O4S.C14H11ClF2N2O/c1-18-29(28-23(32)14-20(31)15-25(28)35-30(18)37-9-3-4-27(37)38)34-24-16-26(36-10-12-41-13-11-36)33-17-22(24)19-5-7-21(8-6-19)42(2,39)40;1-7-13(15)12-9(17)5-8(16)6-10(12)18-14(7)19-4-2-3-11(19)20/h5-8,14-17H,3-4,9-13H2,1-2H3,(H,33,34,35);5-6H,2-4H2,1H3. The summed E-state index contributed by atoms with van der Waals surface area (Å²) in [7, 11) is -3.40. The molecular formula is C44H40ClF4N7O5S. The van der Waals surface area contributed by atoms with Crippen molar-refractivity contribution in [3.05, 3.63) is 100 Å². The molecule has 62 heavy (non-hydrogen) atoms. The number of morpholine rings is 1. The van der Waals surface area contributed by atoms with Gasteiger partial charge in [-0.05, 0) is 44.4 Å². The molecule has 0 saturated carbocycles. The smallest absolute Gasteiger partial charge is 0.228 e. The average molecular weight is 890 g/mol. The largest absolute Gasteiger partial charge is 0.378 e. The summed E-state index contributed by atoms with van der Waals surface area (Å²) in [4.78, 5) is 43.2. The highest BCUT2D eigenvalue weighted by Gasteiger charge is 2.29. The van der Waals surface area contributed by atoms with Crippen molar-refractivity contribution in [3.63, 3.8) is 0 Å². The van der Waals surface area contributed by atoms with E-state index < -0.39 is 33.1 Å². The van der Waals surface area contributed by atoms with E-state index in [0.717, 1.165) is 36.9 Å². The summed E-state index contributed by atoms with van der Waals surface area (Å²) in [5.74, 6) is -1.77. The van der Waals surface area contributed by atoms with Gasteiger partial charge in [0.25, 0.3) is 0 Å². The summed E-state index contributed by atoms with van der Waals surface area (Å²) in [6, 6.07) is 12.1.